The van der Waals surface area contributed by atoms with Gasteiger partial charge in [0.1, 0.15) is 0 Å². The highest BCUT2D eigenvalue weighted by Gasteiger charge is 2.31. The second-order valence-electron chi connectivity index (χ2n) is 5.04. The van der Waals surface area contributed by atoms with Crippen LogP contribution in [0, 0.1) is 0 Å². The zero-order chi connectivity index (χ0) is 19.6. The maximum absolute atomic E-state index is 12.6. The zero-order valence-corrected chi connectivity index (χ0v) is 14.8. The molecule has 0 aliphatic rings. The molecule has 3 heterocycles. The van der Waals surface area contributed by atoms with E-state index in [4.69, 9.17) is 21.9 Å². The van der Waals surface area contributed by atoms with E-state index >= 15 is 0 Å². The van der Waals surface area contributed by atoms with Crippen LogP contribution in [0.15, 0.2) is 40.2 Å². The molecular formula is C14H10ClF3N6O2S. The molecule has 3 N–H and O–H groups in total. The molecule has 142 valence electrons. The van der Waals surface area contributed by atoms with Gasteiger partial charge in [0.15, 0.2) is 11.6 Å². The minimum atomic E-state index is -4.58. The maximum atomic E-state index is 12.6. The van der Waals surface area contributed by atoms with E-state index in [1.165, 1.54) is 6.26 Å². The Morgan fingerprint density at radius 2 is 2.19 bits per heavy atom. The van der Waals surface area contributed by atoms with E-state index in [2.05, 4.69) is 20.5 Å². The van der Waals surface area contributed by atoms with Crippen molar-refractivity contribution in [1.29, 1.82) is 0 Å². The van der Waals surface area contributed by atoms with E-state index in [-0.39, 0.29) is 27.6 Å². The van der Waals surface area contributed by atoms with Crippen molar-refractivity contribution in [1.82, 2.24) is 19.9 Å². The molecule has 3 rings (SSSR count). The van der Waals surface area contributed by atoms with Gasteiger partial charge in [-0.05, 0) is 18.2 Å². The van der Waals surface area contributed by atoms with Gasteiger partial charge in [0.25, 0.3) is 0 Å². The van der Waals surface area contributed by atoms with Crippen LogP contribution in [0.3, 0.4) is 0 Å². The van der Waals surface area contributed by atoms with Gasteiger partial charge in [-0.1, -0.05) is 23.4 Å². The molecule has 3 aromatic heterocycles. The van der Waals surface area contributed by atoms with Crippen LogP contribution in [0.25, 0.3) is 11.6 Å². The second-order valence-corrected chi connectivity index (χ2v) is 6.39. The number of furan rings is 1. The number of nitrogen functional groups attached to an aromatic ring is 1. The van der Waals surface area contributed by atoms with E-state index in [1.807, 2.05) is 0 Å². The van der Waals surface area contributed by atoms with E-state index < -0.39 is 17.6 Å². The first-order valence-electron chi connectivity index (χ1n) is 7.15. The van der Waals surface area contributed by atoms with Gasteiger partial charge in [0, 0.05) is 6.20 Å². The van der Waals surface area contributed by atoms with E-state index in [1.54, 1.807) is 12.1 Å². The Hall–Kier alpha value is -2.73. The summed E-state index contributed by atoms with van der Waals surface area (Å²) < 4.78 is 44.1. The molecule has 0 fully saturated rings. The van der Waals surface area contributed by atoms with Crippen molar-refractivity contribution in [3.05, 3.63) is 41.2 Å². The van der Waals surface area contributed by atoms with Gasteiger partial charge in [-0.25, -0.2) is 9.66 Å². The summed E-state index contributed by atoms with van der Waals surface area (Å²) in [4.78, 5) is 15.5. The fourth-order valence-electron chi connectivity index (χ4n) is 1.93. The predicted octanol–water partition coefficient (Wildman–Crippen LogP) is 3.05. The number of aromatic nitrogens is 4. The number of carbonyl (C=O) groups is 1. The molecule has 0 aliphatic heterocycles. The number of anilines is 1. The van der Waals surface area contributed by atoms with Crippen LogP contribution in [0.4, 0.5) is 19.0 Å². The fraction of sp³-hybridized carbons (Fsp3) is 0.143. The molecule has 0 radical (unpaired) electrons. The van der Waals surface area contributed by atoms with Crippen LogP contribution in [0.5, 0.6) is 0 Å². The Bertz CT molecular complexity index is 960. The van der Waals surface area contributed by atoms with Crippen molar-refractivity contribution in [2.75, 3.05) is 16.9 Å². The third-order valence-electron chi connectivity index (χ3n) is 3.16. The number of thioether (sulfide) groups is 1. The first-order chi connectivity index (χ1) is 12.8. The summed E-state index contributed by atoms with van der Waals surface area (Å²) >= 11 is 6.71. The molecule has 3 aromatic rings. The van der Waals surface area contributed by atoms with Crippen LogP contribution in [-0.4, -0.2) is 31.5 Å². The zero-order valence-electron chi connectivity index (χ0n) is 13.2. The monoisotopic (exact) mass is 418 g/mol. The molecule has 27 heavy (non-hydrogen) atoms. The summed E-state index contributed by atoms with van der Waals surface area (Å²) in [5.41, 5.74) is -1.01. The summed E-state index contributed by atoms with van der Waals surface area (Å²) in [6.45, 7) is 0. The normalized spacial score (nSPS) is 11.6. The molecule has 0 unspecified atom stereocenters. The van der Waals surface area contributed by atoms with Crippen LogP contribution in [-0.2, 0) is 11.0 Å². The Morgan fingerprint density at radius 1 is 1.41 bits per heavy atom. The second kappa shape index (κ2) is 7.48. The lowest BCUT2D eigenvalue weighted by atomic mass is 10.3. The van der Waals surface area contributed by atoms with Gasteiger partial charge in [-0.15, -0.1) is 10.2 Å². The van der Waals surface area contributed by atoms with Crippen molar-refractivity contribution in [3.8, 4) is 11.6 Å². The Balaban J connectivity index is 1.62. The van der Waals surface area contributed by atoms with Crippen molar-refractivity contribution in [2.45, 2.75) is 11.3 Å². The van der Waals surface area contributed by atoms with Crippen molar-refractivity contribution < 1.29 is 22.4 Å². The standard InChI is InChI=1S/C14H10ClF3N6O2S/c15-8-4-7(14(16,17)18)5-20-11(8)21-10(25)6-27-13-23-22-12(24(13)19)9-2-1-3-26-9/h1-5H,6,19H2,(H,20,21,25). The molecule has 0 saturated carbocycles. The number of rotatable bonds is 5. The minimum Gasteiger partial charge on any atom is -0.461 e. The smallest absolute Gasteiger partial charge is 0.417 e. The molecule has 1 amide bonds. The minimum absolute atomic E-state index is 0.146. The largest absolute Gasteiger partial charge is 0.461 e. The summed E-state index contributed by atoms with van der Waals surface area (Å²) in [5.74, 6) is 5.65. The number of hydrogen-bond acceptors (Lipinski definition) is 7. The number of carbonyl (C=O) groups excluding carboxylic acids is 1. The number of nitrogens with one attached hydrogen (secondary N) is 1. The van der Waals surface area contributed by atoms with Gasteiger partial charge in [0.05, 0.1) is 22.6 Å². The molecule has 0 spiro atoms. The Morgan fingerprint density at radius 3 is 2.81 bits per heavy atom. The van der Waals surface area contributed by atoms with Crippen LogP contribution in [0.1, 0.15) is 5.56 Å². The summed E-state index contributed by atoms with van der Waals surface area (Å²) in [6, 6.07) is 3.99. The number of nitrogens with two attached hydrogens (primary N) is 1. The lowest BCUT2D eigenvalue weighted by Gasteiger charge is -2.10. The number of halogens is 4. The highest BCUT2D eigenvalue weighted by atomic mass is 35.5. The average molecular weight is 419 g/mol. The van der Waals surface area contributed by atoms with Gasteiger partial charge in [0.2, 0.25) is 16.9 Å². The van der Waals surface area contributed by atoms with Crippen molar-refractivity contribution in [2.24, 2.45) is 0 Å². The van der Waals surface area contributed by atoms with Gasteiger partial charge in [-0.3, -0.25) is 4.79 Å². The molecule has 8 nitrogen and oxygen atoms in total. The molecule has 13 heteroatoms. The molecule has 0 aliphatic carbocycles. The van der Waals surface area contributed by atoms with Crippen molar-refractivity contribution >= 4 is 35.1 Å². The number of alkyl halides is 3. The summed E-state index contributed by atoms with van der Waals surface area (Å²) in [6.07, 6.45) is -2.54. The van der Waals surface area contributed by atoms with Crippen LogP contribution in [0.2, 0.25) is 5.02 Å². The first kappa shape index (κ1) is 19.0. The topological polar surface area (TPSA) is 112 Å². The lowest BCUT2D eigenvalue weighted by Crippen LogP contribution is -2.17. The molecule has 0 aromatic carbocycles. The average Bonchev–Trinajstić information content (AvgIpc) is 3.23. The van der Waals surface area contributed by atoms with Crippen molar-refractivity contribution in [3.63, 3.8) is 0 Å². The van der Waals surface area contributed by atoms with Gasteiger partial charge >= 0.3 is 6.18 Å². The molecular weight excluding hydrogens is 409 g/mol. The quantitative estimate of drug-likeness (QED) is 0.483. The van der Waals surface area contributed by atoms with E-state index in [9.17, 15) is 18.0 Å². The Labute approximate surface area is 158 Å². The molecule has 0 bridgehead atoms. The number of pyridine rings is 1. The third kappa shape index (κ3) is 4.34. The van der Waals surface area contributed by atoms with Gasteiger partial charge < -0.3 is 15.6 Å². The molecule has 0 atom stereocenters. The SMILES string of the molecule is Nn1c(SCC(=O)Nc2ncc(C(F)(F)F)cc2Cl)nnc1-c1ccco1. The lowest BCUT2D eigenvalue weighted by molar-refractivity contribution is -0.137. The number of hydrogen-bond donors (Lipinski definition) is 2. The van der Waals surface area contributed by atoms with E-state index in [0.29, 0.717) is 18.0 Å². The summed E-state index contributed by atoms with van der Waals surface area (Å²) in [5, 5.41) is 9.96. The highest BCUT2D eigenvalue weighted by Crippen LogP contribution is 2.32. The fourth-order valence-corrected chi connectivity index (χ4v) is 2.80. The highest BCUT2D eigenvalue weighted by molar-refractivity contribution is 7.99. The number of amides is 1. The number of nitrogens with zero attached hydrogens (tertiary/aromatic N) is 4. The van der Waals surface area contributed by atoms with Crippen LogP contribution >= 0.6 is 23.4 Å². The summed E-state index contributed by atoms with van der Waals surface area (Å²) in [7, 11) is 0. The Kier molecular flexibility index (Phi) is 5.28. The van der Waals surface area contributed by atoms with E-state index in [0.717, 1.165) is 16.4 Å². The predicted molar refractivity (Wildman–Crippen MR) is 91.5 cm³/mol. The maximum Gasteiger partial charge on any atom is 0.417 e. The first-order valence-corrected chi connectivity index (χ1v) is 8.52. The molecule has 0 saturated heterocycles. The van der Waals surface area contributed by atoms with Crippen LogP contribution < -0.4 is 11.2 Å². The third-order valence-corrected chi connectivity index (χ3v) is 4.40. The van der Waals surface area contributed by atoms with Gasteiger partial charge in [-0.2, -0.15) is 13.2 Å².